The molecule has 1 heterocycles. The Morgan fingerprint density at radius 1 is 1.03 bits per heavy atom. The van der Waals surface area contributed by atoms with Crippen molar-refractivity contribution in [2.75, 3.05) is 13.7 Å². The number of rotatable bonds is 12. The lowest BCUT2D eigenvalue weighted by Gasteiger charge is -2.08. The van der Waals surface area contributed by atoms with Crippen LogP contribution in [0.3, 0.4) is 0 Å². The predicted molar refractivity (Wildman–Crippen MR) is 139 cm³/mol. The van der Waals surface area contributed by atoms with Crippen LogP contribution in [0.2, 0.25) is 0 Å². The first-order valence-electron chi connectivity index (χ1n) is 12.0. The third-order valence-corrected chi connectivity index (χ3v) is 5.21. The minimum atomic E-state index is -0.456. The number of nitrogens with zero attached hydrogens (tertiary/aromatic N) is 1. The summed E-state index contributed by atoms with van der Waals surface area (Å²) >= 11 is 0. The molecule has 2 aromatic carbocycles. The first-order chi connectivity index (χ1) is 17.8. The van der Waals surface area contributed by atoms with Gasteiger partial charge < -0.3 is 19.2 Å². The van der Waals surface area contributed by atoms with E-state index < -0.39 is 11.9 Å². The third-order valence-electron chi connectivity index (χ3n) is 5.21. The Bertz CT molecular complexity index is 1230. The highest BCUT2D eigenvalue weighted by Gasteiger charge is 2.12. The lowest BCUT2D eigenvalue weighted by atomic mass is 10.1. The van der Waals surface area contributed by atoms with Gasteiger partial charge in [-0.15, -0.1) is 0 Å². The van der Waals surface area contributed by atoms with Gasteiger partial charge in [0.1, 0.15) is 17.3 Å². The van der Waals surface area contributed by atoms with E-state index in [0.29, 0.717) is 35.5 Å². The number of hydrazone groups is 1. The van der Waals surface area contributed by atoms with Gasteiger partial charge in [0.25, 0.3) is 5.91 Å². The summed E-state index contributed by atoms with van der Waals surface area (Å²) < 4.78 is 16.1. The lowest BCUT2D eigenvalue weighted by Crippen LogP contribution is -2.34. The summed E-state index contributed by atoms with van der Waals surface area (Å²) in [5, 5.41) is 6.45. The second-order valence-corrected chi connectivity index (χ2v) is 8.51. The number of hydrogen-bond acceptors (Lipinski definition) is 7. The van der Waals surface area contributed by atoms with Crippen LogP contribution in [0.15, 0.2) is 70.2 Å². The van der Waals surface area contributed by atoms with Gasteiger partial charge in [0, 0.05) is 12.0 Å². The van der Waals surface area contributed by atoms with E-state index in [1.807, 2.05) is 30.3 Å². The Morgan fingerprint density at radius 3 is 2.54 bits per heavy atom. The molecule has 3 rings (SSSR count). The monoisotopic (exact) mass is 505 g/mol. The zero-order valence-electron chi connectivity index (χ0n) is 21.2. The van der Waals surface area contributed by atoms with Crippen molar-refractivity contribution in [2.24, 2.45) is 5.10 Å². The van der Waals surface area contributed by atoms with Crippen LogP contribution >= 0.6 is 0 Å². The lowest BCUT2D eigenvalue weighted by molar-refractivity contribution is -0.126. The molecule has 1 aromatic heterocycles. The number of hydrogen-bond donors (Lipinski definition) is 2. The van der Waals surface area contributed by atoms with E-state index in [1.54, 1.807) is 51.3 Å². The van der Waals surface area contributed by atoms with Crippen LogP contribution in [0, 0.1) is 0 Å². The van der Waals surface area contributed by atoms with Gasteiger partial charge in [-0.05, 0) is 68.7 Å². The van der Waals surface area contributed by atoms with Crippen molar-refractivity contribution in [3.05, 3.63) is 77.6 Å². The van der Waals surface area contributed by atoms with Crippen LogP contribution in [0.4, 0.5) is 0 Å². The Balaban J connectivity index is 1.40. The summed E-state index contributed by atoms with van der Waals surface area (Å²) in [4.78, 5) is 36.1. The van der Waals surface area contributed by atoms with Crippen LogP contribution in [0.25, 0.3) is 11.3 Å². The number of esters is 1. The summed E-state index contributed by atoms with van der Waals surface area (Å²) in [6.07, 6.45) is 2.88. The Labute approximate surface area is 215 Å². The molecule has 0 atom stereocenters. The largest absolute Gasteiger partial charge is 0.497 e. The molecule has 0 saturated carbocycles. The van der Waals surface area contributed by atoms with Gasteiger partial charge in [-0.3, -0.25) is 9.59 Å². The summed E-state index contributed by atoms with van der Waals surface area (Å²) in [6, 6.07) is 18.0. The molecule has 0 fully saturated rings. The van der Waals surface area contributed by atoms with Gasteiger partial charge >= 0.3 is 5.97 Å². The highest BCUT2D eigenvalue weighted by atomic mass is 16.5. The van der Waals surface area contributed by atoms with Crippen molar-refractivity contribution in [1.29, 1.82) is 0 Å². The normalized spacial score (nSPS) is 10.9. The maximum atomic E-state index is 12.1. The Hall–Kier alpha value is -4.40. The van der Waals surface area contributed by atoms with Crippen molar-refractivity contribution in [3.8, 4) is 17.1 Å². The van der Waals surface area contributed by atoms with Crippen molar-refractivity contribution in [2.45, 2.75) is 39.2 Å². The van der Waals surface area contributed by atoms with E-state index in [-0.39, 0.29) is 18.6 Å². The van der Waals surface area contributed by atoms with Crippen molar-refractivity contribution in [3.63, 3.8) is 0 Å². The van der Waals surface area contributed by atoms with Gasteiger partial charge in [-0.25, -0.2) is 10.2 Å². The van der Waals surface area contributed by atoms with Gasteiger partial charge in [0.05, 0.1) is 31.5 Å². The molecule has 0 aliphatic carbocycles. The topological polar surface area (TPSA) is 119 Å². The summed E-state index contributed by atoms with van der Waals surface area (Å²) in [7, 11) is 1.62. The molecule has 0 radical (unpaired) electrons. The van der Waals surface area contributed by atoms with Crippen LogP contribution in [0.1, 0.15) is 48.4 Å². The molecule has 2 N–H and O–H groups in total. The molecule has 0 unspecified atom stereocenters. The van der Waals surface area contributed by atoms with Gasteiger partial charge in [-0.1, -0.05) is 24.3 Å². The zero-order valence-corrected chi connectivity index (χ0v) is 21.2. The summed E-state index contributed by atoms with van der Waals surface area (Å²) in [5.74, 6) is 0.669. The van der Waals surface area contributed by atoms with Crippen molar-refractivity contribution < 1.29 is 28.3 Å². The van der Waals surface area contributed by atoms with Crippen LogP contribution in [0.5, 0.6) is 5.75 Å². The van der Waals surface area contributed by atoms with E-state index >= 15 is 0 Å². The summed E-state index contributed by atoms with van der Waals surface area (Å²) in [5.41, 5.74) is 4.60. The van der Waals surface area contributed by atoms with Crippen molar-refractivity contribution in [1.82, 2.24) is 10.7 Å². The quantitative estimate of drug-likeness (QED) is 0.217. The van der Waals surface area contributed by atoms with E-state index in [4.69, 9.17) is 13.9 Å². The second-order valence-electron chi connectivity index (χ2n) is 8.51. The van der Waals surface area contributed by atoms with Crippen LogP contribution < -0.4 is 15.5 Å². The molecule has 0 aliphatic heterocycles. The molecule has 9 heteroatoms. The standard InChI is InChI=1S/C28H31N3O6/c1-19(2)36-28(34)22-8-5-7-21(16-22)25-15-14-24(37-25)17-30-31-27(33)18-29-26(32)9-4-6-20-10-12-23(35-3)13-11-20/h5,7-8,10-17,19H,4,6,9,18H2,1-3H3,(H,29,32)(H,31,33)/b30-17-. The first-order valence-corrected chi connectivity index (χ1v) is 12.0. The second kappa shape index (κ2) is 13.6. The van der Waals surface area contributed by atoms with E-state index in [1.165, 1.54) is 6.21 Å². The van der Waals surface area contributed by atoms with E-state index in [9.17, 15) is 14.4 Å². The number of benzene rings is 2. The maximum absolute atomic E-state index is 12.1. The number of methoxy groups -OCH3 is 1. The number of carbonyl (C=O) groups is 3. The Morgan fingerprint density at radius 2 is 1.81 bits per heavy atom. The molecule has 0 spiro atoms. The number of aryl methyl sites for hydroxylation is 1. The molecule has 37 heavy (non-hydrogen) atoms. The minimum Gasteiger partial charge on any atom is -0.497 e. The van der Waals surface area contributed by atoms with Gasteiger partial charge in [0.2, 0.25) is 5.91 Å². The number of furan rings is 1. The van der Waals surface area contributed by atoms with Crippen molar-refractivity contribution >= 4 is 24.0 Å². The highest BCUT2D eigenvalue weighted by molar-refractivity contribution is 5.91. The number of amides is 2. The van der Waals surface area contributed by atoms with Crippen LogP contribution in [-0.2, 0) is 20.7 Å². The fourth-order valence-corrected chi connectivity index (χ4v) is 3.38. The fourth-order valence-electron chi connectivity index (χ4n) is 3.38. The average Bonchev–Trinajstić information content (AvgIpc) is 3.36. The molecule has 9 nitrogen and oxygen atoms in total. The van der Waals surface area contributed by atoms with Gasteiger partial charge in [0.15, 0.2) is 0 Å². The fraction of sp³-hybridized carbons (Fsp3) is 0.286. The first kappa shape index (κ1) is 27.2. The smallest absolute Gasteiger partial charge is 0.338 e. The van der Waals surface area contributed by atoms with E-state index in [0.717, 1.165) is 17.7 Å². The van der Waals surface area contributed by atoms with E-state index in [2.05, 4.69) is 15.8 Å². The molecule has 3 aromatic rings. The average molecular weight is 506 g/mol. The molecular weight excluding hydrogens is 474 g/mol. The predicted octanol–water partition coefficient (Wildman–Crippen LogP) is 4.11. The molecule has 0 bridgehead atoms. The zero-order chi connectivity index (χ0) is 26.6. The van der Waals surface area contributed by atoms with Gasteiger partial charge in [-0.2, -0.15) is 5.10 Å². The molecule has 194 valence electrons. The minimum absolute atomic E-state index is 0.179. The number of carbonyl (C=O) groups excluding carboxylic acids is 3. The molecule has 2 amide bonds. The van der Waals surface area contributed by atoms with Crippen LogP contribution in [-0.4, -0.2) is 43.8 Å². The molecule has 0 aliphatic rings. The number of ether oxygens (including phenoxy) is 2. The number of nitrogens with one attached hydrogen (secondary N) is 2. The summed E-state index contributed by atoms with van der Waals surface area (Å²) in [6.45, 7) is 3.40. The maximum Gasteiger partial charge on any atom is 0.338 e. The molecule has 0 saturated heterocycles. The molecular formula is C28H31N3O6. The SMILES string of the molecule is COc1ccc(CCCC(=O)NCC(=O)N/N=C\c2ccc(-c3cccc(C(=O)OC(C)C)c3)o2)cc1. The third kappa shape index (κ3) is 8.96. The Kier molecular flexibility index (Phi) is 10.0. The highest BCUT2D eigenvalue weighted by Crippen LogP contribution is 2.23.